The molecular formula is C85H93F15N20O3. The fraction of sp³-hybridized carbons (Fsp3) is 0.447. The van der Waals surface area contributed by atoms with Crippen molar-refractivity contribution in [2.75, 3.05) is 38.9 Å². The normalized spacial score (nSPS) is 20.1. The number of nitrogens with zero attached hydrogens (tertiary/aromatic N) is 13. The van der Waals surface area contributed by atoms with E-state index in [1.54, 1.807) is 45.3 Å². The number of aromatic nitrogens is 11. The monoisotopic (exact) mass is 1730 g/mol. The fourth-order valence-electron chi connectivity index (χ4n) is 14.5. The van der Waals surface area contributed by atoms with Crippen LogP contribution in [0, 0.1) is 39.8 Å². The molecule has 7 heterocycles. The summed E-state index contributed by atoms with van der Waals surface area (Å²) in [5.74, 6) is -2.22. The Morgan fingerprint density at radius 2 is 0.935 bits per heavy atom. The highest BCUT2D eigenvalue weighted by Gasteiger charge is 2.49. The number of halogens is 15. The van der Waals surface area contributed by atoms with Gasteiger partial charge in [-0.15, -0.1) is 0 Å². The maximum absolute atomic E-state index is 13.8. The molecule has 4 aliphatic carbocycles. The highest BCUT2D eigenvalue weighted by atomic mass is 19.4. The molecule has 10 N–H and O–H groups in total. The first kappa shape index (κ1) is 93.6. The summed E-state index contributed by atoms with van der Waals surface area (Å²) in [5, 5.41) is 69.2. The van der Waals surface area contributed by atoms with Gasteiger partial charge >= 0.3 is 24.7 Å². The van der Waals surface area contributed by atoms with Gasteiger partial charge in [0.1, 0.15) is 75.1 Å². The summed E-state index contributed by atoms with van der Waals surface area (Å²) in [7, 11) is 1.87. The summed E-state index contributed by atoms with van der Waals surface area (Å²) in [5.41, 5.74) is -0.348. The molecule has 0 aliphatic heterocycles. The van der Waals surface area contributed by atoms with E-state index in [2.05, 4.69) is 105 Å². The first-order valence-electron chi connectivity index (χ1n) is 39.6. The van der Waals surface area contributed by atoms with Gasteiger partial charge in [0, 0.05) is 136 Å². The van der Waals surface area contributed by atoms with Crippen LogP contribution in [0.4, 0.5) is 101 Å². The Balaban J connectivity index is 0.000000172. The number of aliphatic hydroxyl groups excluding tert-OH is 2. The summed E-state index contributed by atoms with van der Waals surface area (Å²) < 4.78 is 200. The molecule has 2 atom stereocenters. The zero-order valence-corrected chi connectivity index (χ0v) is 67.6. The minimum Gasteiger partial charge on any atom is -0.393 e. The largest absolute Gasteiger partial charge is 0.421 e. The van der Waals surface area contributed by atoms with E-state index in [0.29, 0.717) is 80.9 Å². The lowest BCUT2D eigenvalue weighted by atomic mass is 9.64. The van der Waals surface area contributed by atoms with Crippen molar-refractivity contribution in [3.63, 3.8) is 0 Å². The molecule has 7 aromatic heterocycles. The third-order valence-corrected chi connectivity index (χ3v) is 22.0. The molecule has 2 aromatic carbocycles. The Morgan fingerprint density at radius 3 is 1.43 bits per heavy atom. The third kappa shape index (κ3) is 26.2. The number of hydrogen-bond acceptors (Lipinski definition) is 23. The molecule has 0 saturated heterocycles. The molecule has 123 heavy (non-hydrogen) atoms. The number of anilines is 6. The van der Waals surface area contributed by atoms with Crippen molar-refractivity contribution in [2.45, 2.75) is 223 Å². The number of pyridine rings is 3. The molecule has 4 fully saturated rings. The standard InChI is InChI=1S/C24H24F4N4O.C21H24F3N7.C20H23F5N4O.C20H22F3N5O/c1-23(2)19(11-20(23)33)31-22-18(24(26,27)28)13-30-21(32-22)8-5-15-12-29-10-9-17(15)14-3-6-16(25)7-4-14;1-13(26-2)14-3-5-17(6-4-14)30-19-15(9-25)11-28-20(31-19)29-12-16-10-27-8-7-18(16)21(22,23)24;1-19(21,22)15-8-9-26-10-12(15)2-7-17-27-11-16(20(23,24)25)18(29-17)28-13-3-5-14(30)6-4-13;1-19(29)8-6-15(7-9-19)27-17-14(10-24)12-26-18(28-17)25-11-13-4-2-3-5-16(13)20(21,22)23/h3-4,6-7,9-10,12-13,19-20,33H,5,8,11H2,1-2H3,(H,30,31,32);7-8,10-11,14,17,26H,1,3-6,12H2,2H3,(H2,28,29,30,31);8-11,13-14,30H,2-7H2,1H3,(H,27,28,29);2-5,12,15,29H,6-9,11H2,1H3,(H2,25,26,27,28)/t19-,20+;;;/m1.../s1. The van der Waals surface area contributed by atoms with Crippen LogP contribution in [0.2, 0.25) is 0 Å². The van der Waals surface area contributed by atoms with Gasteiger partial charge in [-0.2, -0.15) is 73.2 Å². The number of rotatable bonds is 24. The molecule has 23 nitrogen and oxygen atoms in total. The summed E-state index contributed by atoms with van der Waals surface area (Å²) in [6.07, 6.45) is 3.05. The Hall–Kier alpha value is -11.6. The van der Waals surface area contributed by atoms with Gasteiger partial charge in [0.05, 0.1) is 41.3 Å². The molecule has 9 aromatic rings. The second-order valence-electron chi connectivity index (χ2n) is 31.4. The summed E-state index contributed by atoms with van der Waals surface area (Å²) in [4.78, 5) is 44.4. The number of aryl methyl sites for hydroxylation is 4. The van der Waals surface area contributed by atoms with Crippen LogP contribution in [0.5, 0.6) is 0 Å². The van der Waals surface area contributed by atoms with Crippen LogP contribution in [-0.2, 0) is 69.4 Å². The smallest absolute Gasteiger partial charge is 0.393 e. The zero-order chi connectivity index (χ0) is 89.2. The second kappa shape index (κ2) is 40.6. The maximum atomic E-state index is 13.8. The number of aliphatic hydroxyl groups is 3. The molecule has 0 amide bonds. The summed E-state index contributed by atoms with van der Waals surface area (Å²) >= 11 is 0. The second-order valence-corrected chi connectivity index (χ2v) is 31.4. The van der Waals surface area contributed by atoms with Crippen molar-refractivity contribution in [2.24, 2.45) is 11.3 Å². The van der Waals surface area contributed by atoms with Gasteiger partial charge < -0.3 is 52.5 Å². The number of nitriles is 2. The lowest BCUT2D eigenvalue weighted by Gasteiger charge is -2.49. The van der Waals surface area contributed by atoms with Gasteiger partial charge in [-0.25, -0.2) is 43.1 Å². The Kier molecular flexibility index (Phi) is 30.9. The molecule has 0 radical (unpaired) electrons. The van der Waals surface area contributed by atoms with Crippen LogP contribution < -0.4 is 37.2 Å². The zero-order valence-electron chi connectivity index (χ0n) is 67.6. The van der Waals surface area contributed by atoms with E-state index in [0.717, 1.165) is 105 Å². The minimum atomic E-state index is -4.63. The van der Waals surface area contributed by atoms with Crippen LogP contribution in [0.3, 0.4) is 0 Å². The van der Waals surface area contributed by atoms with Crippen LogP contribution in [0.15, 0.2) is 141 Å². The first-order chi connectivity index (χ1) is 58.1. The molecule has 4 aliphatic rings. The summed E-state index contributed by atoms with van der Waals surface area (Å²) in [6, 6.07) is 19.1. The molecule has 0 spiro atoms. The Labute approximate surface area is 699 Å². The molecule has 0 bridgehead atoms. The van der Waals surface area contributed by atoms with E-state index < -0.39 is 76.1 Å². The maximum Gasteiger partial charge on any atom is 0.421 e. The molecule has 0 unspecified atom stereocenters. The van der Waals surface area contributed by atoms with E-state index in [9.17, 15) is 91.7 Å². The van der Waals surface area contributed by atoms with E-state index >= 15 is 0 Å². The molecule has 13 rings (SSSR count). The van der Waals surface area contributed by atoms with E-state index in [-0.39, 0.29) is 119 Å². The predicted molar refractivity (Wildman–Crippen MR) is 429 cm³/mol. The molecule has 656 valence electrons. The fourth-order valence-corrected chi connectivity index (χ4v) is 14.5. The van der Waals surface area contributed by atoms with Crippen molar-refractivity contribution in [3.8, 4) is 23.3 Å². The average Bonchev–Trinajstić information content (AvgIpc) is 0.760. The van der Waals surface area contributed by atoms with Crippen LogP contribution in [0.1, 0.15) is 184 Å². The number of alkyl halides is 14. The van der Waals surface area contributed by atoms with Crippen molar-refractivity contribution in [1.82, 2.24) is 60.1 Å². The van der Waals surface area contributed by atoms with Crippen molar-refractivity contribution >= 4 is 35.2 Å². The van der Waals surface area contributed by atoms with Gasteiger partial charge in [0.2, 0.25) is 11.9 Å². The van der Waals surface area contributed by atoms with Crippen LogP contribution in [-0.4, -0.2) is 119 Å². The van der Waals surface area contributed by atoms with Gasteiger partial charge in [-0.3, -0.25) is 15.0 Å². The number of nitrogens with one attached hydrogen (secondary N) is 7. The Bertz CT molecular complexity index is 5110. The topological polar surface area (TPSA) is 334 Å². The first-order valence-corrected chi connectivity index (χ1v) is 39.6. The van der Waals surface area contributed by atoms with Gasteiger partial charge in [-0.05, 0) is 173 Å². The SMILES string of the molecule is C=C(NC)C1CCC(Nc2nc(NCc3cnccc3C(F)(F)F)ncc2C#N)CC1.CC(F)(F)c1ccncc1CCc1ncc(C(F)(F)F)c(NC2CCC(O)CC2)n1.CC1(C)[C@@H](O)C[C@H]1Nc1nc(CCc2cnccc2-c2ccc(F)cc2)ncc1C(F)(F)F.CC1(O)CCC(Nc2nc(NCc3ccccc3C(F)(F)F)ncc2C#N)CC1. The number of allylic oxidation sites excluding steroid dienone is 1. The van der Waals surface area contributed by atoms with Crippen molar-refractivity contribution in [3.05, 3.63) is 220 Å². The predicted octanol–water partition coefficient (Wildman–Crippen LogP) is 17.7. The molecule has 4 saturated carbocycles. The minimum absolute atomic E-state index is 0.0134. The van der Waals surface area contributed by atoms with Crippen molar-refractivity contribution in [1.29, 1.82) is 10.5 Å². The average molecular weight is 1730 g/mol. The number of hydrogen-bond donors (Lipinski definition) is 10. The van der Waals surface area contributed by atoms with Gasteiger partial charge in [0.25, 0.3) is 5.92 Å². The third-order valence-electron chi connectivity index (χ3n) is 22.0. The molecule has 38 heteroatoms. The van der Waals surface area contributed by atoms with E-state index in [4.69, 9.17) is 0 Å². The van der Waals surface area contributed by atoms with Crippen LogP contribution in [0.25, 0.3) is 11.1 Å². The van der Waals surface area contributed by atoms with E-state index in [1.807, 2.05) is 19.2 Å². The van der Waals surface area contributed by atoms with Gasteiger partial charge in [-0.1, -0.05) is 50.8 Å². The van der Waals surface area contributed by atoms with Crippen molar-refractivity contribution < 1.29 is 81.2 Å². The molecular weight excluding hydrogens is 1630 g/mol. The van der Waals surface area contributed by atoms with Crippen LogP contribution >= 0.6 is 0 Å². The Morgan fingerprint density at radius 1 is 0.488 bits per heavy atom. The highest BCUT2D eigenvalue weighted by molar-refractivity contribution is 5.67. The van der Waals surface area contributed by atoms with Gasteiger partial charge in [0.15, 0.2) is 0 Å². The van der Waals surface area contributed by atoms with E-state index in [1.165, 1.54) is 61.2 Å². The summed E-state index contributed by atoms with van der Waals surface area (Å²) in [6.45, 7) is 9.96. The lowest BCUT2D eigenvalue weighted by molar-refractivity contribution is -0.139. The number of benzene rings is 2. The quantitative estimate of drug-likeness (QED) is 0.0251. The lowest BCUT2D eigenvalue weighted by Crippen LogP contribution is -2.57. The highest BCUT2D eigenvalue weighted by Crippen LogP contribution is 2.45.